The number of nitrogens with one attached hydrogen (secondary N) is 2. The zero-order chi connectivity index (χ0) is 18.9. The maximum Gasteiger partial charge on any atom is 0.247 e. The van der Waals surface area contributed by atoms with E-state index in [9.17, 15) is 9.59 Å². The van der Waals surface area contributed by atoms with E-state index < -0.39 is 5.41 Å². The molecular weight excluding hydrogens is 330 g/mol. The lowest BCUT2D eigenvalue weighted by molar-refractivity contribution is -0.122. The molecule has 7 nitrogen and oxygen atoms in total. The van der Waals surface area contributed by atoms with Gasteiger partial charge in [-0.05, 0) is 37.6 Å². The third kappa shape index (κ3) is 3.03. The van der Waals surface area contributed by atoms with E-state index >= 15 is 0 Å². The summed E-state index contributed by atoms with van der Waals surface area (Å²) >= 11 is 0. The van der Waals surface area contributed by atoms with Gasteiger partial charge in [-0.15, -0.1) is 0 Å². The minimum atomic E-state index is -0.684. The molecule has 0 saturated carbocycles. The van der Waals surface area contributed by atoms with E-state index in [0.29, 0.717) is 24.0 Å². The average Bonchev–Trinajstić information content (AvgIpc) is 2.82. The Bertz CT molecular complexity index is 891. The molecule has 1 aliphatic heterocycles. The Hall–Kier alpha value is -3.22. The van der Waals surface area contributed by atoms with Crippen molar-refractivity contribution in [2.24, 2.45) is 0 Å². The van der Waals surface area contributed by atoms with Crippen LogP contribution < -0.4 is 15.5 Å². The zero-order valence-corrected chi connectivity index (χ0v) is 15.0. The van der Waals surface area contributed by atoms with Crippen LogP contribution in [-0.4, -0.2) is 28.8 Å². The fourth-order valence-electron chi connectivity index (χ4n) is 2.96. The molecule has 26 heavy (non-hydrogen) atoms. The SMILES string of the molecule is C=CC(=O)Nc1cccc(CN2C(=O)C(C)(C)c3cnc(NC)nc32)c1. The second-order valence-electron chi connectivity index (χ2n) is 6.59. The van der Waals surface area contributed by atoms with Crippen molar-refractivity contribution < 1.29 is 9.59 Å². The molecule has 0 fully saturated rings. The van der Waals surface area contributed by atoms with E-state index in [4.69, 9.17) is 0 Å². The summed E-state index contributed by atoms with van der Waals surface area (Å²) < 4.78 is 0. The Morgan fingerprint density at radius 3 is 2.85 bits per heavy atom. The molecule has 0 bridgehead atoms. The van der Waals surface area contributed by atoms with E-state index in [1.54, 1.807) is 24.2 Å². The van der Waals surface area contributed by atoms with Crippen LogP contribution >= 0.6 is 0 Å². The molecule has 1 aromatic carbocycles. The van der Waals surface area contributed by atoms with Crippen LogP contribution in [0.1, 0.15) is 25.0 Å². The van der Waals surface area contributed by atoms with Crippen molar-refractivity contribution in [2.75, 3.05) is 22.6 Å². The highest BCUT2D eigenvalue weighted by Gasteiger charge is 2.45. The van der Waals surface area contributed by atoms with Gasteiger partial charge in [0.05, 0.1) is 12.0 Å². The Labute approximate surface area is 152 Å². The molecule has 134 valence electrons. The van der Waals surface area contributed by atoms with Crippen LogP contribution in [-0.2, 0) is 21.5 Å². The molecule has 1 aromatic heterocycles. The van der Waals surface area contributed by atoms with E-state index in [2.05, 4.69) is 27.2 Å². The predicted octanol–water partition coefficient (Wildman–Crippen LogP) is 2.47. The van der Waals surface area contributed by atoms with E-state index in [-0.39, 0.29) is 11.8 Å². The number of hydrogen-bond acceptors (Lipinski definition) is 5. The van der Waals surface area contributed by atoms with Crippen molar-refractivity contribution in [3.8, 4) is 0 Å². The highest BCUT2D eigenvalue weighted by molar-refractivity contribution is 6.06. The first-order chi connectivity index (χ1) is 12.4. The monoisotopic (exact) mass is 351 g/mol. The molecule has 0 spiro atoms. The van der Waals surface area contributed by atoms with Gasteiger partial charge in [0, 0.05) is 24.5 Å². The van der Waals surface area contributed by atoms with Crippen LogP contribution in [0.15, 0.2) is 43.1 Å². The van der Waals surface area contributed by atoms with Crippen molar-refractivity contribution in [1.29, 1.82) is 0 Å². The fourth-order valence-corrected chi connectivity index (χ4v) is 2.96. The molecule has 2 heterocycles. The number of aromatic nitrogens is 2. The van der Waals surface area contributed by atoms with Gasteiger partial charge in [-0.3, -0.25) is 14.5 Å². The molecule has 0 unspecified atom stereocenters. The second kappa shape index (κ2) is 6.59. The van der Waals surface area contributed by atoms with Crippen molar-refractivity contribution >= 4 is 29.3 Å². The van der Waals surface area contributed by atoms with Gasteiger partial charge in [-0.1, -0.05) is 18.7 Å². The number of nitrogens with zero attached hydrogens (tertiary/aromatic N) is 3. The minimum absolute atomic E-state index is 0.0319. The molecule has 2 aromatic rings. The van der Waals surface area contributed by atoms with Gasteiger partial charge >= 0.3 is 0 Å². The summed E-state index contributed by atoms with van der Waals surface area (Å²) in [4.78, 5) is 34.8. The number of fused-ring (bicyclic) bond motifs is 1. The largest absolute Gasteiger partial charge is 0.357 e. The second-order valence-corrected chi connectivity index (χ2v) is 6.59. The summed E-state index contributed by atoms with van der Waals surface area (Å²) in [6.45, 7) is 7.54. The van der Waals surface area contributed by atoms with Gasteiger partial charge < -0.3 is 10.6 Å². The third-order valence-electron chi connectivity index (χ3n) is 4.42. The third-order valence-corrected chi connectivity index (χ3v) is 4.42. The number of carbonyl (C=O) groups is 2. The smallest absolute Gasteiger partial charge is 0.247 e. The Kier molecular flexibility index (Phi) is 4.46. The summed E-state index contributed by atoms with van der Waals surface area (Å²) in [5.74, 6) is 0.763. The van der Waals surface area contributed by atoms with Crippen molar-refractivity contribution in [3.05, 3.63) is 54.2 Å². The number of benzene rings is 1. The molecule has 0 saturated heterocycles. The fraction of sp³-hybridized carbons (Fsp3) is 0.263. The highest BCUT2D eigenvalue weighted by atomic mass is 16.2. The molecule has 7 heteroatoms. The first-order valence-corrected chi connectivity index (χ1v) is 8.26. The maximum atomic E-state index is 13.0. The van der Waals surface area contributed by atoms with Gasteiger partial charge in [0.2, 0.25) is 17.8 Å². The molecule has 2 amide bonds. The van der Waals surface area contributed by atoms with Gasteiger partial charge in [-0.25, -0.2) is 4.98 Å². The summed E-state index contributed by atoms with van der Waals surface area (Å²) in [6.07, 6.45) is 2.92. The first kappa shape index (κ1) is 17.6. The first-order valence-electron chi connectivity index (χ1n) is 8.26. The molecule has 0 atom stereocenters. The highest BCUT2D eigenvalue weighted by Crippen LogP contribution is 2.41. The van der Waals surface area contributed by atoms with Crippen LogP contribution in [0.4, 0.5) is 17.5 Å². The number of carbonyl (C=O) groups excluding carboxylic acids is 2. The van der Waals surface area contributed by atoms with Gasteiger partial charge in [0.1, 0.15) is 5.82 Å². The predicted molar refractivity (Wildman–Crippen MR) is 101 cm³/mol. The summed E-state index contributed by atoms with van der Waals surface area (Å²) in [6, 6.07) is 7.36. The number of rotatable bonds is 5. The average molecular weight is 351 g/mol. The maximum absolute atomic E-state index is 13.0. The molecule has 1 aliphatic rings. The molecule has 0 radical (unpaired) electrons. The van der Waals surface area contributed by atoms with Crippen molar-refractivity contribution in [2.45, 2.75) is 25.8 Å². The lowest BCUT2D eigenvalue weighted by Gasteiger charge is -2.20. The van der Waals surface area contributed by atoms with Gasteiger partial charge in [0.15, 0.2) is 0 Å². The van der Waals surface area contributed by atoms with E-state index in [0.717, 1.165) is 11.1 Å². The standard InChI is InChI=1S/C19H21N5O2/c1-5-15(25)22-13-8-6-7-12(9-13)11-24-16-14(19(2,3)17(24)26)10-21-18(20-4)23-16/h5-10H,1,11H2,2-4H3,(H,22,25)(H,20,21,23). The zero-order valence-electron chi connectivity index (χ0n) is 15.0. The van der Waals surface area contributed by atoms with Gasteiger partial charge in [0.25, 0.3) is 0 Å². The topological polar surface area (TPSA) is 87.2 Å². The normalized spacial score (nSPS) is 14.7. The molecular formula is C19H21N5O2. The Morgan fingerprint density at radius 2 is 2.15 bits per heavy atom. The summed E-state index contributed by atoms with van der Waals surface area (Å²) in [7, 11) is 1.74. The van der Waals surface area contributed by atoms with E-state index in [1.807, 2.05) is 32.0 Å². The lowest BCUT2D eigenvalue weighted by Crippen LogP contribution is -2.35. The quantitative estimate of drug-likeness (QED) is 0.808. The lowest BCUT2D eigenvalue weighted by atomic mass is 9.88. The summed E-state index contributed by atoms with van der Waals surface area (Å²) in [5, 5.41) is 5.63. The minimum Gasteiger partial charge on any atom is -0.357 e. The van der Waals surface area contributed by atoms with Crippen LogP contribution in [0.5, 0.6) is 0 Å². The summed E-state index contributed by atoms with van der Waals surface area (Å²) in [5.41, 5.74) is 1.65. The van der Waals surface area contributed by atoms with Crippen molar-refractivity contribution in [1.82, 2.24) is 9.97 Å². The molecule has 2 N–H and O–H groups in total. The van der Waals surface area contributed by atoms with Crippen molar-refractivity contribution in [3.63, 3.8) is 0 Å². The Balaban J connectivity index is 1.93. The number of anilines is 3. The Morgan fingerprint density at radius 1 is 1.38 bits per heavy atom. The van der Waals surface area contributed by atoms with E-state index in [1.165, 1.54) is 6.08 Å². The molecule has 0 aliphatic carbocycles. The van der Waals surface area contributed by atoms with Crippen LogP contribution in [0.25, 0.3) is 0 Å². The molecule has 3 rings (SSSR count). The van der Waals surface area contributed by atoms with Crippen LogP contribution in [0.3, 0.4) is 0 Å². The number of hydrogen-bond donors (Lipinski definition) is 2. The number of amides is 2. The van der Waals surface area contributed by atoms with Gasteiger partial charge in [-0.2, -0.15) is 4.98 Å². The van der Waals surface area contributed by atoms with Crippen LogP contribution in [0.2, 0.25) is 0 Å². The van der Waals surface area contributed by atoms with Crippen LogP contribution in [0, 0.1) is 0 Å².